The van der Waals surface area contributed by atoms with E-state index in [0.717, 1.165) is 0 Å². The lowest BCUT2D eigenvalue weighted by atomic mass is 10.1. The Balaban J connectivity index is 2.07. The predicted octanol–water partition coefficient (Wildman–Crippen LogP) is 4.97. The Morgan fingerprint density at radius 2 is 1.80 bits per heavy atom. The molecule has 2 nitrogen and oxygen atoms in total. The molecule has 6 heteroatoms. The van der Waals surface area contributed by atoms with Crippen LogP contribution in [-0.4, -0.2) is 5.91 Å². The molecule has 2 rings (SSSR count). The van der Waals surface area contributed by atoms with E-state index in [1.807, 2.05) is 0 Å². The molecule has 0 aliphatic heterocycles. The molecule has 0 saturated carbocycles. The first-order valence-electron chi connectivity index (χ1n) is 5.64. The summed E-state index contributed by atoms with van der Waals surface area (Å²) in [6.45, 7) is 0. The van der Waals surface area contributed by atoms with Crippen molar-refractivity contribution in [1.29, 1.82) is 0 Å². The number of rotatable bonds is 3. The van der Waals surface area contributed by atoms with Crippen molar-refractivity contribution < 1.29 is 9.18 Å². The highest BCUT2D eigenvalue weighted by molar-refractivity contribution is 6.35. The highest BCUT2D eigenvalue weighted by Crippen LogP contribution is 2.23. The van der Waals surface area contributed by atoms with Crippen LogP contribution >= 0.6 is 34.8 Å². The molecule has 0 heterocycles. The van der Waals surface area contributed by atoms with Crippen molar-refractivity contribution in [3.8, 4) is 0 Å². The van der Waals surface area contributed by atoms with E-state index in [1.165, 1.54) is 18.2 Å². The minimum Gasteiger partial charge on any atom is -0.326 e. The second-order valence-electron chi connectivity index (χ2n) is 4.09. The lowest BCUT2D eigenvalue weighted by Gasteiger charge is -2.07. The minimum absolute atomic E-state index is 0.0488. The first-order chi connectivity index (χ1) is 9.45. The molecule has 0 aromatic heterocycles. The van der Waals surface area contributed by atoms with Gasteiger partial charge < -0.3 is 5.32 Å². The molecule has 0 aliphatic rings. The fraction of sp³-hybridized carbons (Fsp3) is 0.0714. The third kappa shape index (κ3) is 3.85. The lowest BCUT2D eigenvalue weighted by molar-refractivity contribution is -0.115. The van der Waals surface area contributed by atoms with Gasteiger partial charge in [-0.15, -0.1) is 0 Å². The molecular formula is C14H9Cl3FNO. The Morgan fingerprint density at radius 1 is 1.05 bits per heavy atom. The molecule has 0 fully saturated rings. The van der Waals surface area contributed by atoms with Gasteiger partial charge in [-0.2, -0.15) is 0 Å². The Morgan fingerprint density at radius 3 is 2.45 bits per heavy atom. The number of benzene rings is 2. The SMILES string of the molecule is O=C(Cc1ccc(Cl)cc1Cl)Nc1ccc(F)c(Cl)c1. The molecule has 2 aromatic rings. The van der Waals surface area contributed by atoms with Crippen LogP contribution in [0.25, 0.3) is 0 Å². The zero-order valence-corrected chi connectivity index (χ0v) is 12.4. The van der Waals surface area contributed by atoms with Crippen LogP contribution in [0.15, 0.2) is 36.4 Å². The number of carbonyl (C=O) groups excluding carboxylic acids is 1. The molecule has 1 N–H and O–H groups in total. The second-order valence-corrected chi connectivity index (χ2v) is 5.34. The van der Waals surface area contributed by atoms with E-state index in [-0.39, 0.29) is 17.4 Å². The van der Waals surface area contributed by atoms with Crippen molar-refractivity contribution in [3.05, 3.63) is 62.8 Å². The van der Waals surface area contributed by atoms with E-state index in [0.29, 0.717) is 21.3 Å². The average Bonchev–Trinajstić information content (AvgIpc) is 2.37. The molecule has 104 valence electrons. The summed E-state index contributed by atoms with van der Waals surface area (Å²) >= 11 is 17.4. The summed E-state index contributed by atoms with van der Waals surface area (Å²) in [4.78, 5) is 11.9. The smallest absolute Gasteiger partial charge is 0.228 e. The topological polar surface area (TPSA) is 29.1 Å². The van der Waals surface area contributed by atoms with E-state index in [1.54, 1.807) is 18.2 Å². The quantitative estimate of drug-likeness (QED) is 0.845. The van der Waals surface area contributed by atoms with Crippen molar-refractivity contribution in [2.24, 2.45) is 0 Å². The first kappa shape index (κ1) is 15.1. The molecule has 0 bridgehead atoms. The Bertz CT molecular complexity index is 661. The van der Waals surface area contributed by atoms with Crippen LogP contribution in [0.3, 0.4) is 0 Å². The molecule has 1 amide bonds. The number of nitrogens with one attached hydrogen (secondary N) is 1. The van der Waals surface area contributed by atoms with Gasteiger partial charge in [-0.1, -0.05) is 40.9 Å². The molecule has 2 aromatic carbocycles. The Labute approximate surface area is 130 Å². The summed E-state index contributed by atoms with van der Waals surface area (Å²) in [5.74, 6) is -0.817. The fourth-order valence-corrected chi connectivity index (χ4v) is 2.27. The highest BCUT2D eigenvalue weighted by Gasteiger charge is 2.09. The maximum Gasteiger partial charge on any atom is 0.228 e. The normalized spacial score (nSPS) is 10.4. The number of anilines is 1. The number of amides is 1. The summed E-state index contributed by atoms with van der Waals surface area (Å²) < 4.78 is 13.0. The summed E-state index contributed by atoms with van der Waals surface area (Å²) in [5.41, 5.74) is 1.08. The van der Waals surface area contributed by atoms with Gasteiger partial charge in [0.25, 0.3) is 0 Å². The van der Waals surface area contributed by atoms with Crippen molar-refractivity contribution in [1.82, 2.24) is 0 Å². The zero-order chi connectivity index (χ0) is 14.7. The molecule has 0 spiro atoms. The Kier molecular flexibility index (Phi) is 4.86. The number of carbonyl (C=O) groups is 1. The van der Waals surface area contributed by atoms with Crippen LogP contribution in [0, 0.1) is 5.82 Å². The van der Waals surface area contributed by atoms with Gasteiger partial charge in [0.05, 0.1) is 11.4 Å². The summed E-state index contributed by atoms with van der Waals surface area (Å²) in [7, 11) is 0. The van der Waals surface area contributed by atoms with Gasteiger partial charge in [0.2, 0.25) is 5.91 Å². The molecule has 20 heavy (non-hydrogen) atoms. The highest BCUT2D eigenvalue weighted by atomic mass is 35.5. The van der Waals surface area contributed by atoms with Gasteiger partial charge in [0, 0.05) is 15.7 Å². The molecule has 0 aliphatic carbocycles. The van der Waals surface area contributed by atoms with Gasteiger partial charge in [0.1, 0.15) is 5.82 Å². The third-order valence-corrected chi connectivity index (χ3v) is 3.45. The minimum atomic E-state index is -0.537. The molecule has 0 saturated heterocycles. The van der Waals surface area contributed by atoms with Crippen LogP contribution in [-0.2, 0) is 11.2 Å². The molecule has 0 unspecified atom stereocenters. The van der Waals surface area contributed by atoms with E-state index < -0.39 is 5.82 Å². The van der Waals surface area contributed by atoms with Gasteiger partial charge >= 0.3 is 0 Å². The second kappa shape index (κ2) is 6.44. The van der Waals surface area contributed by atoms with Gasteiger partial charge in [-0.05, 0) is 35.9 Å². The van der Waals surface area contributed by atoms with Crippen molar-refractivity contribution in [2.45, 2.75) is 6.42 Å². The van der Waals surface area contributed by atoms with Crippen LogP contribution in [0.1, 0.15) is 5.56 Å². The van der Waals surface area contributed by atoms with Crippen LogP contribution < -0.4 is 5.32 Å². The largest absolute Gasteiger partial charge is 0.326 e. The number of halogens is 4. The summed E-state index contributed by atoms with van der Waals surface area (Å²) in [5, 5.41) is 3.50. The van der Waals surface area contributed by atoms with Crippen LogP contribution in [0.2, 0.25) is 15.1 Å². The molecule has 0 radical (unpaired) electrons. The summed E-state index contributed by atoms with van der Waals surface area (Å²) in [6, 6.07) is 8.88. The van der Waals surface area contributed by atoms with Crippen molar-refractivity contribution in [3.63, 3.8) is 0 Å². The van der Waals surface area contributed by atoms with E-state index in [4.69, 9.17) is 34.8 Å². The van der Waals surface area contributed by atoms with Crippen molar-refractivity contribution in [2.75, 3.05) is 5.32 Å². The van der Waals surface area contributed by atoms with E-state index in [9.17, 15) is 9.18 Å². The lowest BCUT2D eigenvalue weighted by Crippen LogP contribution is -2.14. The van der Waals surface area contributed by atoms with Gasteiger partial charge in [-0.3, -0.25) is 4.79 Å². The average molecular weight is 333 g/mol. The monoisotopic (exact) mass is 331 g/mol. The number of hydrogen-bond donors (Lipinski definition) is 1. The maximum atomic E-state index is 13.0. The first-order valence-corrected chi connectivity index (χ1v) is 6.78. The van der Waals surface area contributed by atoms with Crippen molar-refractivity contribution >= 4 is 46.4 Å². The summed E-state index contributed by atoms with van der Waals surface area (Å²) in [6.07, 6.45) is 0.0883. The molecule has 0 atom stereocenters. The number of hydrogen-bond acceptors (Lipinski definition) is 1. The third-order valence-electron chi connectivity index (χ3n) is 2.57. The fourth-order valence-electron chi connectivity index (χ4n) is 1.62. The predicted molar refractivity (Wildman–Crippen MR) is 80.2 cm³/mol. The maximum absolute atomic E-state index is 13.0. The van der Waals surface area contributed by atoms with E-state index >= 15 is 0 Å². The van der Waals surface area contributed by atoms with Crippen LogP contribution in [0.4, 0.5) is 10.1 Å². The zero-order valence-electron chi connectivity index (χ0n) is 10.1. The van der Waals surface area contributed by atoms with Gasteiger partial charge in [0.15, 0.2) is 0 Å². The van der Waals surface area contributed by atoms with Gasteiger partial charge in [-0.25, -0.2) is 4.39 Å². The van der Waals surface area contributed by atoms with Crippen LogP contribution in [0.5, 0.6) is 0 Å². The molecular weight excluding hydrogens is 324 g/mol. The van der Waals surface area contributed by atoms with E-state index in [2.05, 4.69) is 5.32 Å². The Hall–Kier alpha value is -1.29. The standard InChI is InChI=1S/C14H9Cl3FNO/c15-9-2-1-8(11(16)6-9)5-14(20)19-10-3-4-13(18)12(17)7-10/h1-4,6-7H,5H2,(H,19,20).